The molecular formula is C17H19F2NO. The van der Waals surface area contributed by atoms with Gasteiger partial charge in [0.15, 0.2) is 11.6 Å². The second-order valence-electron chi connectivity index (χ2n) is 4.96. The molecule has 0 aliphatic rings. The quantitative estimate of drug-likeness (QED) is 0.851. The molecule has 21 heavy (non-hydrogen) atoms. The molecule has 0 aliphatic heterocycles. The van der Waals surface area contributed by atoms with Crippen LogP contribution in [0, 0.1) is 11.6 Å². The van der Waals surface area contributed by atoms with Crippen LogP contribution < -0.4 is 10.1 Å². The average Bonchev–Trinajstić information content (AvgIpc) is 2.42. The van der Waals surface area contributed by atoms with Crippen molar-refractivity contribution < 1.29 is 13.5 Å². The molecule has 4 heteroatoms. The molecule has 1 atom stereocenters. The van der Waals surface area contributed by atoms with Crippen molar-refractivity contribution in [1.82, 2.24) is 0 Å². The Morgan fingerprint density at radius 3 is 2.62 bits per heavy atom. The highest BCUT2D eigenvalue weighted by atomic mass is 19.1. The lowest BCUT2D eigenvalue weighted by Crippen LogP contribution is -2.18. The van der Waals surface area contributed by atoms with Gasteiger partial charge < -0.3 is 10.1 Å². The van der Waals surface area contributed by atoms with Gasteiger partial charge in [-0.2, -0.15) is 0 Å². The Kier molecular flexibility index (Phi) is 5.14. The van der Waals surface area contributed by atoms with Crippen LogP contribution in [0.3, 0.4) is 0 Å². The van der Waals surface area contributed by atoms with Gasteiger partial charge in [0.2, 0.25) is 0 Å². The maximum atomic E-state index is 13.8. The first-order valence-corrected chi connectivity index (χ1v) is 7.02. The van der Waals surface area contributed by atoms with Crippen molar-refractivity contribution in [2.24, 2.45) is 0 Å². The highest BCUT2D eigenvalue weighted by molar-refractivity contribution is 5.48. The number of ether oxygens (including phenoxy) is 1. The molecule has 0 aliphatic carbocycles. The Labute approximate surface area is 123 Å². The number of benzene rings is 2. The summed E-state index contributed by atoms with van der Waals surface area (Å²) in [5.74, 6) is -0.382. The van der Waals surface area contributed by atoms with Gasteiger partial charge in [-0.15, -0.1) is 0 Å². The largest absolute Gasteiger partial charge is 0.491 e. The highest BCUT2D eigenvalue weighted by Crippen LogP contribution is 2.22. The maximum absolute atomic E-state index is 13.8. The Morgan fingerprint density at radius 2 is 1.95 bits per heavy atom. The lowest BCUT2D eigenvalue weighted by atomic mass is 10.1. The van der Waals surface area contributed by atoms with Gasteiger partial charge in [0.25, 0.3) is 0 Å². The molecule has 0 radical (unpaired) electrons. The van der Waals surface area contributed by atoms with Gasteiger partial charge in [0.05, 0.1) is 6.61 Å². The standard InChI is InChI=1S/C17H19F2NO/c1-3-21-17-8-7-15(11-16(17)19)20-12(2)9-13-5-4-6-14(18)10-13/h4-8,10-12,20H,3,9H2,1-2H3. The number of rotatable bonds is 6. The third-order valence-electron chi connectivity index (χ3n) is 3.08. The van der Waals surface area contributed by atoms with Crippen LogP contribution in [0.2, 0.25) is 0 Å². The molecule has 2 aromatic rings. The van der Waals surface area contributed by atoms with E-state index >= 15 is 0 Å². The third kappa shape index (κ3) is 4.45. The lowest BCUT2D eigenvalue weighted by Gasteiger charge is -2.16. The van der Waals surface area contributed by atoms with Crippen molar-refractivity contribution in [3.8, 4) is 5.75 Å². The second kappa shape index (κ2) is 7.07. The number of anilines is 1. The van der Waals surface area contributed by atoms with E-state index < -0.39 is 0 Å². The monoisotopic (exact) mass is 291 g/mol. The van der Waals surface area contributed by atoms with Crippen LogP contribution in [0.25, 0.3) is 0 Å². The average molecular weight is 291 g/mol. The van der Waals surface area contributed by atoms with E-state index in [4.69, 9.17) is 4.74 Å². The van der Waals surface area contributed by atoms with Gasteiger partial charge in [-0.25, -0.2) is 8.78 Å². The molecule has 0 fully saturated rings. The molecule has 112 valence electrons. The summed E-state index contributed by atoms with van der Waals surface area (Å²) in [5.41, 5.74) is 1.58. The zero-order valence-electron chi connectivity index (χ0n) is 12.2. The number of halogens is 2. The molecule has 0 saturated heterocycles. The normalized spacial score (nSPS) is 12.0. The number of hydrogen-bond acceptors (Lipinski definition) is 2. The number of nitrogens with one attached hydrogen (secondary N) is 1. The first-order chi connectivity index (χ1) is 10.1. The van der Waals surface area contributed by atoms with Gasteiger partial charge in [-0.1, -0.05) is 12.1 Å². The summed E-state index contributed by atoms with van der Waals surface area (Å²) in [7, 11) is 0. The molecule has 0 spiro atoms. The van der Waals surface area contributed by atoms with Crippen molar-refractivity contribution in [3.05, 3.63) is 59.7 Å². The lowest BCUT2D eigenvalue weighted by molar-refractivity contribution is 0.321. The van der Waals surface area contributed by atoms with E-state index in [2.05, 4.69) is 5.32 Å². The fourth-order valence-electron chi connectivity index (χ4n) is 2.22. The summed E-state index contributed by atoms with van der Waals surface area (Å²) < 4.78 is 32.0. The summed E-state index contributed by atoms with van der Waals surface area (Å²) in [4.78, 5) is 0. The van der Waals surface area contributed by atoms with Gasteiger partial charge >= 0.3 is 0 Å². The molecule has 0 heterocycles. The Bertz CT molecular complexity index is 601. The molecule has 0 bridgehead atoms. The Hall–Kier alpha value is -2.10. The fourth-order valence-corrected chi connectivity index (χ4v) is 2.22. The van der Waals surface area contributed by atoms with Crippen LogP contribution in [-0.2, 0) is 6.42 Å². The van der Waals surface area contributed by atoms with E-state index in [-0.39, 0.29) is 23.4 Å². The fraction of sp³-hybridized carbons (Fsp3) is 0.294. The van der Waals surface area contributed by atoms with Gasteiger partial charge in [0, 0.05) is 17.8 Å². The first kappa shape index (κ1) is 15.3. The molecule has 0 aromatic heterocycles. The third-order valence-corrected chi connectivity index (χ3v) is 3.08. The van der Waals surface area contributed by atoms with Crippen molar-refractivity contribution in [2.45, 2.75) is 26.3 Å². The van der Waals surface area contributed by atoms with E-state index in [1.165, 1.54) is 18.2 Å². The van der Waals surface area contributed by atoms with Crippen molar-refractivity contribution in [2.75, 3.05) is 11.9 Å². The van der Waals surface area contributed by atoms with Crippen LogP contribution >= 0.6 is 0 Å². The maximum Gasteiger partial charge on any atom is 0.167 e. The molecule has 2 rings (SSSR count). The first-order valence-electron chi connectivity index (χ1n) is 7.02. The van der Waals surface area contributed by atoms with E-state index in [0.717, 1.165) is 5.56 Å². The van der Waals surface area contributed by atoms with Crippen LogP contribution in [0.5, 0.6) is 5.75 Å². The minimum Gasteiger partial charge on any atom is -0.491 e. The summed E-state index contributed by atoms with van der Waals surface area (Å²) in [6.45, 7) is 4.21. The van der Waals surface area contributed by atoms with E-state index in [9.17, 15) is 8.78 Å². The predicted molar refractivity (Wildman–Crippen MR) is 80.8 cm³/mol. The summed E-state index contributed by atoms with van der Waals surface area (Å²) >= 11 is 0. The molecule has 0 saturated carbocycles. The summed E-state index contributed by atoms with van der Waals surface area (Å²) in [6, 6.07) is 11.3. The highest BCUT2D eigenvalue weighted by Gasteiger charge is 2.08. The molecule has 0 amide bonds. The smallest absolute Gasteiger partial charge is 0.167 e. The molecule has 1 N–H and O–H groups in total. The number of hydrogen-bond donors (Lipinski definition) is 1. The molecule has 2 aromatic carbocycles. The van der Waals surface area contributed by atoms with Crippen molar-refractivity contribution in [1.29, 1.82) is 0 Å². The zero-order valence-corrected chi connectivity index (χ0v) is 12.2. The second-order valence-corrected chi connectivity index (χ2v) is 4.96. The molecule has 1 unspecified atom stereocenters. The topological polar surface area (TPSA) is 21.3 Å². The Morgan fingerprint density at radius 1 is 1.14 bits per heavy atom. The minimum atomic E-state index is -0.389. The minimum absolute atomic E-state index is 0.0594. The van der Waals surface area contributed by atoms with Gasteiger partial charge in [0.1, 0.15) is 5.82 Å². The summed E-state index contributed by atoms with van der Waals surface area (Å²) in [5, 5.41) is 3.20. The van der Waals surface area contributed by atoms with Crippen LogP contribution in [0.15, 0.2) is 42.5 Å². The Balaban J connectivity index is 1.99. The van der Waals surface area contributed by atoms with E-state index in [1.807, 2.05) is 19.9 Å². The predicted octanol–water partition coefficient (Wildman–Crippen LogP) is 4.41. The van der Waals surface area contributed by atoms with Crippen molar-refractivity contribution in [3.63, 3.8) is 0 Å². The SMILES string of the molecule is CCOc1ccc(NC(C)Cc2cccc(F)c2)cc1F. The van der Waals surface area contributed by atoms with E-state index in [1.54, 1.807) is 18.2 Å². The van der Waals surface area contributed by atoms with Gasteiger partial charge in [-0.05, 0) is 50.1 Å². The van der Waals surface area contributed by atoms with Crippen LogP contribution in [0.1, 0.15) is 19.4 Å². The van der Waals surface area contributed by atoms with Gasteiger partial charge in [-0.3, -0.25) is 0 Å². The molecule has 2 nitrogen and oxygen atoms in total. The van der Waals surface area contributed by atoms with Crippen LogP contribution in [0.4, 0.5) is 14.5 Å². The molecular weight excluding hydrogens is 272 g/mol. The summed E-state index contributed by atoms with van der Waals surface area (Å²) in [6.07, 6.45) is 0.659. The van der Waals surface area contributed by atoms with E-state index in [0.29, 0.717) is 18.7 Å². The van der Waals surface area contributed by atoms with Crippen molar-refractivity contribution >= 4 is 5.69 Å². The van der Waals surface area contributed by atoms with Crippen LogP contribution in [-0.4, -0.2) is 12.6 Å². The zero-order chi connectivity index (χ0) is 15.2.